The van der Waals surface area contributed by atoms with Crippen LogP contribution in [0, 0.1) is 0 Å². The Bertz CT molecular complexity index is 866. The fourth-order valence-electron chi connectivity index (χ4n) is 2.52. The van der Waals surface area contributed by atoms with Crippen LogP contribution in [0.25, 0.3) is 11.3 Å². The molecule has 0 bridgehead atoms. The van der Waals surface area contributed by atoms with Crippen LogP contribution in [0.3, 0.4) is 0 Å². The van der Waals surface area contributed by atoms with Gasteiger partial charge in [0.05, 0.1) is 31.2 Å². The number of hydrogen-bond acceptors (Lipinski definition) is 5. The SMILES string of the molecule is COc1cc(-c2ccn[nH]2)cc(OC)c1Nc1ccccc1C(=O)O. The number of aromatic amines is 1. The summed E-state index contributed by atoms with van der Waals surface area (Å²) in [6, 6.07) is 12.1. The first-order valence-corrected chi connectivity index (χ1v) is 7.49. The number of ether oxygens (including phenoxy) is 2. The molecule has 0 aliphatic carbocycles. The average Bonchev–Trinajstić information content (AvgIpc) is 3.16. The van der Waals surface area contributed by atoms with Gasteiger partial charge in [-0.2, -0.15) is 5.10 Å². The molecule has 3 aromatic rings. The Morgan fingerprint density at radius 1 is 1.12 bits per heavy atom. The molecular weight excluding hydrogens is 322 g/mol. The van der Waals surface area contributed by atoms with Crippen LogP contribution in [0.15, 0.2) is 48.7 Å². The van der Waals surface area contributed by atoms with E-state index in [1.54, 1.807) is 38.6 Å². The van der Waals surface area contributed by atoms with Gasteiger partial charge in [0.1, 0.15) is 17.2 Å². The molecule has 1 aromatic heterocycles. The third-order valence-electron chi connectivity index (χ3n) is 3.73. The molecule has 7 heteroatoms. The summed E-state index contributed by atoms with van der Waals surface area (Å²) in [6.45, 7) is 0. The van der Waals surface area contributed by atoms with Crippen molar-refractivity contribution in [1.82, 2.24) is 10.2 Å². The first kappa shape index (κ1) is 16.4. The minimum Gasteiger partial charge on any atom is -0.494 e. The van der Waals surface area contributed by atoms with Crippen molar-refractivity contribution in [2.45, 2.75) is 0 Å². The van der Waals surface area contributed by atoms with E-state index in [9.17, 15) is 9.90 Å². The predicted molar refractivity (Wildman–Crippen MR) is 93.8 cm³/mol. The zero-order valence-electron chi connectivity index (χ0n) is 13.7. The summed E-state index contributed by atoms with van der Waals surface area (Å²) in [4.78, 5) is 11.4. The molecule has 3 rings (SSSR count). The Morgan fingerprint density at radius 2 is 1.80 bits per heavy atom. The molecule has 0 aliphatic heterocycles. The van der Waals surface area contributed by atoms with Crippen LogP contribution in [0.2, 0.25) is 0 Å². The van der Waals surface area contributed by atoms with Gasteiger partial charge in [-0.15, -0.1) is 0 Å². The van der Waals surface area contributed by atoms with Crippen molar-refractivity contribution in [2.75, 3.05) is 19.5 Å². The number of benzene rings is 2. The lowest BCUT2D eigenvalue weighted by molar-refractivity contribution is 0.0698. The van der Waals surface area contributed by atoms with Crippen molar-refractivity contribution in [3.8, 4) is 22.8 Å². The van der Waals surface area contributed by atoms with Gasteiger partial charge in [0, 0.05) is 11.8 Å². The van der Waals surface area contributed by atoms with E-state index in [1.807, 2.05) is 18.2 Å². The fraction of sp³-hybridized carbons (Fsp3) is 0.111. The van der Waals surface area contributed by atoms with E-state index in [4.69, 9.17) is 9.47 Å². The standard InChI is InChI=1S/C18H17N3O4/c1-24-15-9-11(13-7-8-19-21-13)10-16(25-2)17(15)20-14-6-4-3-5-12(14)18(22)23/h3-10,20H,1-2H3,(H,19,21)(H,22,23). The number of rotatable bonds is 6. The summed E-state index contributed by atoms with van der Waals surface area (Å²) in [7, 11) is 3.08. The number of hydrogen-bond donors (Lipinski definition) is 3. The summed E-state index contributed by atoms with van der Waals surface area (Å²) in [5, 5.41) is 19.3. The Balaban J connectivity index is 2.08. The minimum atomic E-state index is -1.02. The number of aromatic nitrogens is 2. The van der Waals surface area contributed by atoms with Gasteiger partial charge in [-0.05, 0) is 30.3 Å². The number of methoxy groups -OCH3 is 2. The van der Waals surface area contributed by atoms with Gasteiger partial charge in [-0.1, -0.05) is 12.1 Å². The normalized spacial score (nSPS) is 10.3. The molecule has 0 amide bonds. The van der Waals surface area contributed by atoms with Gasteiger partial charge < -0.3 is 19.9 Å². The molecule has 1 heterocycles. The van der Waals surface area contributed by atoms with Gasteiger partial charge >= 0.3 is 5.97 Å². The lowest BCUT2D eigenvalue weighted by Crippen LogP contribution is -2.04. The number of anilines is 2. The second kappa shape index (κ2) is 6.96. The van der Waals surface area contributed by atoms with Crippen molar-refractivity contribution < 1.29 is 19.4 Å². The predicted octanol–water partition coefficient (Wildman–Crippen LogP) is 3.54. The summed E-state index contributed by atoms with van der Waals surface area (Å²) in [6.07, 6.45) is 1.66. The summed E-state index contributed by atoms with van der Waals surface area (Å²) >= 11 is 0. The van der Waals surface area contributed by atoms with Gasteiger partial charge in [-0.25, -0.2) is 4.79 Å². The second-order valence-electron chi connectivity index (χ2n) is 5.20. The van der Waals surface area contributed by atoms with Gasteiger partial charge in [-0.3, -0.25) is 5.10 Å². The Labute approximate surface area is 144 Å². The maximum absolute atomic E-state index is 11.4. The largest absolute Gasteiger partial charge is 0.494 e. The maximum atomic E-state index is 11.4. The van der Waals surface area contributed by atoms with E-state index >= 15 is 0 Å². The highest BCUT2D eigenvalue weighted by atomic mass is 16.5. The quantitative estimate of drug-likeness (QED) is 0.636. The van der Waals surface area contributed by atoms with Gasteiger partial charge in [0.25, 0.3) is 0 Å². The average molecular weight is 339 g/mol. The smallest absolute Gasteiger partial charge is 0.337 e. The Kier molecular flexibility index (Phi) is 4.56. The summed E-state index contributed by atoms with van der Waals surface area (Å²) < 4.78 is 10.9. The van der Waals surface area contributed by atoms with E-state index in [2.05, 4.69) is 15.5 Å². The number of H-pyrrole nitrogens is 1. The third-order valence-corrected chi connectivity index (χ3v) is 3.73. The zero-order chi connectivity index (χ0) is 17.8. The van der Waals surface area contributed by atoms with Crippen molar-refractivity contribution in [2.24, 2.45) is 0 Å². The molecule has 0 radical (unpaired) electrons. The highest BCUT2D eigenvalue weighted by Gasteiger charge is 2.17. The summed E-state index contributed by atoms with van der Waals surface area (Å²) in [5.74, 6) is 0.0170. The zero-order valence-corrected chi connectivity index (χ0v) is 13.7. The highest BCUT2D eigenvalue weighted by molar-refractivity contribution is 5.96. The van der Waals surface area contributed by atoms with E-state index < -0.39 is 5.97 Å². The first-order chi connectivity index (χ1) is 12.1. The van der Waals surface area contributed by atoms with Crippen LogP contribution in [0.5, 0.6) is 11.5 Å². The molecule has 7 nitrogen and oxygen atoms in total. The molecule has 25 heavy (non-hydrogen) atoms. The summed E-state index contributed by atoms with van der Waals surface area (Å²) in [5.41, 5.74) is 2.80. The topological polar surface area (TPSA) is 96.5 Å². The molecule has 0 atom stereocenters. The van der Waals surface area contributed by atoms with E-state index in [0.29, 0.717) is 22.9 Å². The molecule has 2 aromatic carbocycles. The molecular formula is C18H17N3O4. The lowest BCUT2D eigenvalue weighted by Gasteiger charge is -2.17. The number of nitrogens with zero attached hydrogens (tertiary/aromatic N) is 1. The monoisotopic (exact) mass is 339 g/mol. The molecule has 0 aliphatic rings. The second-order valence-corrected chi connectivity index (χ2v) is 5.20. The fourth-order valence-corrected chi connectivity index (χ4v) is 2.52. The molecule has 0 unspecified atom stereocenters. The molecule has 0 saturated heterocycles. The van der Waals surface area contributed by atoms with Crippen LogP contribution < -0.4 is 14.8 Å². The molecule has 3 N–H and O–H groups in total. The van der Waals surface area contributed by atoms with Crippen molar-refractivity contribution >= 4 is 17.3 Å². The maximum Gasteiger partial charge on any atom is 0.337 e. The van der Waals surface area contributed by atoms with E-state index in [1.165, 1.54) is 6.07 Å². The van der Waals surface area contributed by atoms with Crippen molar-refractivity contribution in [3.05, 3.63) is 54.2 Å². The van der Waals surface area contributed by atoms with Gasteiger partial charge in [0.15, 0.2) is 0 Å². The number of nitrogens with one attached hydrogen (secondary N) is 2. The molecule has 128 valence electrons. The molecule has 0 spiro atoms. The van der Waals surface area contributed by atoms with Gasteiger partial charge in [0.2, 0.25) is 0 Å². The first-order valence-electron chi connectivity index (χ1n) is 7.49. The number of carboxylic acid groups (broad SMARTS) is 1. The van der Waals surface area contributed by atoms with Crippen LogP contribution >= 0.6 is 0 Å². The molecule has 0 saturated carbocycles. The van der Waals surface area contributed by atoms with Crippen LogP contribution in [-0.2, 0) is 0 Å². The number of aromatic carboxylic acids is 1. The Morgan fingerprint density at radius 3 is 2.36 bits per heavy atom. The number of carboxylic acids is 1. The van der Waals surface area contributed by atoms with Crippen molar-refractivity contribution in [1.29, 1.82) is 0 Å². The number of carbonyl (C=O) groups is 1. The lowest BCUT2D eigenvalue weighted by atomic mass is 10.1. The van der Waals surface area contributed by atoms with Crippen LogP contribution in [0.1, 0.15) is 10.4 Å². The minimum absolute atomic E-state index is 0.157. The van der Waals surface area contributed by atoms with Crippen LogP contribution in [-0.4, -0.2) is 35.5 Å². The van der Waals surface area contributed by atoms with E-state index in [0.717, 1.165) is 11.3 Å². The Hall–Kier alpha value is -3.48. The molecule has 0 fully saturated rings. The highest BCUT2D eigenvalue weighted by Crippen LogP contribution is 2.41. The van der Waals surface area contributed by atoms with E-state index in [-0.39, 0.29) is 5.56 Å². The third kappa shape index (κ3) is 3.25. The number of para-hydroxylation sites is 1. The van der Waals surface area contributed by atoms with Crippen molar-refractivity contribution in [3.63, 3.8) is 0 Å². The van der Waals surface area contributed by atoms with Crippen LogP contribution in [0.4, 0.5) is 11.4 Å².